The number of carbonyl (C=O) groups excluding carboxylic acids is 1. The van der Waals surface area contributed by atoms with Crippen LogP contribution in [0.1, 0.15) is 0 Å². The summed E-state index contributed by atoms with van der Waals surface area (Å²) in [6, 6.07) is 3.98. The van der Waals surface area contributed by atoms with Crippen molar-refractivity contribution < 1.29 is 9.18 Å². The third-order valence-electron chi connectivity index (χ3n) is 2.33. The van der Waals surface area contributed by atoms with Crippen molar-refractivity contribution >= 4 is 51.4 Å². The average Bonchev–Trinajstić information content (AvgIpc) is 2.95. The second-order valence-electron chi connectivity index (χ2n) is 4.00. The lowest BCUT2D eigenvalue weighted by Gasteiger charge is -2.05. The van der Waals surface area contributed by atoms with E-state index < -0.39 is 5.82 Å². The van der Waals surface area contributed by atoms with Crippen molar-refractivity contribution in [1.82, 2.24) is 10.2 Å². The van der Waals surface area contributed by atoms with Gasteiger partial charge >= 0.3 is 0 Å². The van der Waals surface area contributed by atoms with E-state index in [0.717, 1.165) is 0 Å². The van der Waals surface area contributed by atoms with Crippen LogP contribution in [0, 0.1) is 5.82 Å². The van der Waals surface area contributed by atoms with Gasteiger partial charge in [-0.15, -0.1) is 16.8 Å². The number of halogens is 2. The Morgan fingerprint density at radius 3 is 3.09 bits per heavy atom. The molecule has 1 heterocycles. The zero-order valence-corrected chi connectivity index (χ0v) is 13.7. The van der Waals surface area contributed by atoms with Crippen LogP contribution < -0.4 is 10.6 Å². The second kappa shape index (κ2) is 8.11. The molecule has 1 aromatic heterocycles. The number of hydrogen-bond donors (Lipinski definition) is 2. The molecule has 0 saturated carbocycles. The van der Waals surface area contributed by atoms with Crippen LogP contribution in [0.3, 0.4) is 0 Å². The Bertz CT molecular complexity index is 680. The molecule has 0 spiro atoms. The van der Waals surface area contributed by atoms with Gasteiger partial charge in [-0.3, -0.25) is 4.79 Å². The molecule has 5 nitrogen and oxygen atoms in total. The molecule has 0 atom stereocenters. The van der Waals surface area contributed by atoms with E-state index in [1.54, 1.807) is 6.08 Å². The molecule has 2 N–H and O–H groups in total. The van der Waals surface area contributed by atoms with E-state index >= 15 is 0 Å². The number of aromatic nitrogens is 2. The molecule has 2 rings (SSSR count). The third-order valence-corrected chi connectivity index (χ3v) is 4.58. The number of hydrogen-bond acceptors (Lipinski definition) is 6. The molecule has 0 saturated heterocycles. The van der Waals surface area contributed by atoms with Crippen LogP contribution in [0.25, 0.3) is 0 Å². The summed E-state index contributed by atoms with van der Waals surface area (Å²) in [5.74, 6) is -0.779. The van der Waals surface area contributed by atoms with Gasteiger partial charge in [0.25, 0.3) is 0 Å². The molecule has 2 aromatic rings. The van der Waals surface area contributed by atoms with Gasteiger partial charge in [0.15, 0.2) is 4.34 Å². The maximum atomic E-state index is 13.5. The number of carbonyl (C=O) groups is 1. The smallest absolute Gasteiger partial charge is 0.234 e. The zero-order valence-electron chi connectivity index (χ0n) is 11.3. The first kappa shape index (κ1) is 16.7. The fourth-order valence-corrected chi connectivity index (χ4v) is 3.14. The van der Waals surface area contributed by atoms with Crippen LogP contribution in [-0.4, -0.2) is 28.4 Å². The zero-order chi connectivity index (χ0) is 15.9. The lowest BCUT2D eigenvalue weighted by Crippen LogP contribution is -2.15. The summed E-state index contributed by atoms with van der Waals surface area (Å²) in [6.07, 6.45) is 1.71. The molecule has 0 unspecified atom stereocenters. The maximum absolute atomic E-state index is 13.5. The minimum Gasteiger partial charge on any atom is -0.357 e. The highest BCUT2D eigenvalue weighted by molar-refractivity contribution is 8.01. The monoisotopic (exact) mass is 358 g/mol. The topological polar surface area (TPSA) is 66.9 Å². The van der Waals surface area contributed by atoms with Gasteiger partial charge in [0.2, 0.25) is 11.0 Å². The SMILES string of the molecule is C=CCNc1nnc(SCC(=O)Nc2cc(Cl)ccc2F)s1. The molecular weight excluding hydrogens is 347 g/mol. The van der Waals surface area contributed by atoms with E-state index in [0.29, 0.717) is 21.0 Å². The third kappa shape index (κ3) is 4.97. The van der Waals surface area contributed by atoms with Gasteiger partial charge in [0.1, 0.15) is 5.82 Å². The highest BCUT2D eigenvalue weighted by Gasteiger charge is 2.10. The van der Waals surface area contributed by atoms with Gasteiger partial charge in [-0.25, -0.2) is 4.39 Å². The van der Waals surface area contributed by atoms with E-state index in [4.69, 9.17) is 11.6 Å². The van der Waals surface area contributed by atoms with E-state index in [9.17, 15) is 9.18 Å². The molecule has 116 valence electrons. The van der Waals surface area contributed by atoms with E-state index in [1.807, 2.05) is 0 Å². The number of nitrogens with one attached hydrogen (secondary N) is 2. The molecular formula is C13H12ClFN4OS2. The Balaban J connectivity index is 1.86. The van der Waals surface area contributed by atoms with Gasteiger partial charge in [-0.1, -0.05) is 40.8 Å². The normalized spacial score (nSPS) is 10.3. The minimum absolute atomic E-state index is 0.0590. The highest BCUT2D eigenvalue weighted by Crippen LogP contribution is 2.26. The van der Waals surface area contributed by atoms with Crippen LogP contribution in [0.15, 0.2) is 35.2 Å². The summed E-state index contributed by atoms with van der Waals surface area (Å²) in [6.45, 7) is 4.18. The van der Waals surface area contributed by atoms with Crippen molar-refractivity contribution in [3.63, 3.8) is 0 Å². The number of benzene rings is 1. The summed E-state index contributed by atoms with van der Waals surface area (Å²) in [5, 5.41) is 14.3. The number of thioether (sulfide) groups is 1. The molecule has 0 bridgehead atoms. The first-order valence-corrected chi connectivity index (χ1v) is 8.32. The average molecular weight is 359 g/mol. The van der Waals surface area contributed by atoms with Crippen molar-refractivity contribution in [3.8, 4) is 0 Å². The minimum atomic E-state index is -0.533. The summed E-state index contributed by atoms with van der Waals surface area (Å²) in [7, 11) is 0. The molecule has 22 heavy (non-hydrogen) atoms. The molecule has 0 radical (unpaired) electrons. The molecule has 0 aliphatic heterocycles. The fraction of sp³-hybridized carbons (Fsp3) is 0.154. The molecule has 9 heteroatoms. The van der Waals surface area contributed by atoms with Gasteiger partial charge < -0.3 is 10.6 Å². The maximum Gasteiger partial charge on any atom is 0.234 e. The summed E-state index contributed by atoms with van der Waals surface area (Å²) in [5.41, 5.74) is 0.0590. The highest BCUT2D eigenvalue weighted by atomic mass is 35.5. The summed E-state index contributed by atoms with van der Waals surface area (Å²) < 4.78 is 14.1. The van der Waals surface area contributed by atoms with Crippen molar-refractivity contribution in [2.75, 3.05) is 22.9 Å². The lowest BCUT2D eigenvalue weighted by atomic mass is 10.3. The standard InChI is InChI=1S/C13H12ClFN4OS2/c1-2-5-16-12-18-19-13(22-12)21-7-11(20)17-10-6-8(14)3-4-9(10)15/h2-4,6H,1,5,7H2,(H,16,18)(H,17,20). The van der Waals surface area contributed by atoms with Gasteiger partial charge in [-0.05, 0) is 18.2 Å². The van der Waals surface area contributed by atoms with E-state index in [2.05, 4.69) is 27.4 Å². The Kier molecular flexibility index (Phi) is 6.17. The summed E-state index contributed by atoms with van der Waals surface area (Å²) in [4.78, 5) is 11.8. The first-order chi connectivity index (χ1) is 10.6. The van der Waals surface area contributed by atoms with Crippen molar-refractivity contribution in [1.29, 1.82) is 0 Å². The van der Waals surface area contributed by atoms with E-state index in [1.165, 1.54) is 41.3 Å². The van der Waals surface area contributed by atoms with E-state index in [-0.39, 0.29) is 17.3 Å². The van der Waals surface area contributed by atoms with Crippen LogP contribution in [0.5, 0.6) is 0 Å². The lowest BCUT2D eigenvalue weighted by molar-refractivity contribution is -0.113. The molecule has 1 amide bonds. The van der Waals surface area contributed by atoms with Gasteiger partial charge in [0, 0.05) is 11.6 Å². The number of nitrogens with zero attached hydrogens (tertiary/aromatic N) is 2. The van der Waals surface area contributed by atoms with Crippen molar-refractivity contribution in [2.24, 2.45) is 0 Å². The van der Waals surface area contributed by atoms with Crippen LogP contribution >= 0.6 is 34.7 Å². The predicted octanol–water partition coefficient (Wildman–Crippen LogP) is 3.66. The summed E-state index contributed by atoms with van der Waals surface area (Å²) >= 11 is 8.32. The van der Waals surface area contributed by atoms with Crippen LogP contribution in [0.2, 0.25) is 5.02 Å². The largest absolute Gasteiger partial charge is 0.357 e. The van der Waals surface area contributed by atoms with Crippen molar-refractivity contribution in [2.45, 2.75) is 4.34 Å². The Morgan fingerprint density at radius 2 is 2.32 bits per heavy atom. The van der Waals surface area contributed by atoms with Gasteiger partial charge in [-0.2, -0.15) is 0 Å². The molecule has 0 aliphatic rings. The molecule has 0 aliphatic carbocycles. The molecule has 0 fully saturated rings. The fourth-order valence-electron chi connectivity index (χ4n) is 1.41. The number of anilines is 2. The second-order valence-corrected chi connectivity index (χ2v) is 6.64. The van der Waals surface area contributed by atoms with Crippen LogP contribution in [0.4, 0.5) is 15.2 Å². The predicted molar refractivity (Wildman–Crippen MR) is 89.4 cm³/mol. The number of rotatable bonds is 7. The van der Waals surface area contributed by atoms with Crippen molar-refractivity contribution in [3.05, 3.63) is 41.7 Å². The Hall–Kier alpha value is -1.64. The Labute approximate surface area is 140 Å². The molecule has 1 aromatic carbocycles. The van der Waals surface area contributed by atoms with Crippen LogP contribution in [-0.2, 0) is 4.79 Å². The number of amides is 1. The first-order valence-electron chi connectivity index (χ1n) is 6.14. The Morgan fingerprint density at radius 1 is 1.50 bits per heavy atom. The van der Waals surface area contributed by atoms with Gasteiger partial charge in [0.05, 0.1) is 11.4 Å². The quantitative estimate of drug-likeness (QED) is 0.584.